The lowest BCUT2D eigenvalue weighted by molar-refractivity contribution is -0.137. The molecule has 5 fully saturated rings. The predicted octanol–water partition coefficient (Wildman–Crippen LogP) is 2.75. The van der Waals surface area contributed by atoms with Gasteiger partial charge in [-0.1, -0.05) is 6.92 Å². The Morgan fingerprint density at radius 2 is 1.82 bits per heavy atom. The van der Waals surface area contributed by atoms with E-state index in [1.807, 2.05) is 0 Å². The largest absolute Gasteiger partial charge is 0.392 e. The molecule has 0 saturated heterocycles. The molecule has 0 aromatic rings. The third-order valence-corrected chi connectivity index (χ3v) is 8.69. The molecular weight excluding hydrogens is 276 g/mol. The molecule has 1 spiro atoms. The van der Waals surface area contributed by atoms with E-state index in [9.17, 15) is 14.7 Å². The van der Waals surface area contributed by atoms with Crippen molar-refractivity contribution in [2.24, 2.45) is 40.4 Å². The van der Waals surface area contributed by atoms with Crippen LogP contribution < -0.4 is 0 Å². The third kappa shape index (κ3) is 1.35. The van der Waals surface area contributed by atoms with Gasteiger partial charge in [0.15, 0.2) is 0 Å². The summed E-state index contributed by atoms with van der Waals surface area (Å²) in [5, 5.41) is 10.7. The number of carbonyl (C=O) groups excluding carboxylic acids is 2. The van der Waals surface area contributed by atoms with Crippen molar-refractivity contribution in [3.8, 4) is 0 Å². The number of Topliss-reactive ketones (excluding diaryl/α,β-unsaturated/α-hetero) is 2. The van der Waals surface area contributed by atoms with Crippen LogP contribution in [0.4, 0.5) is 0 Å². The van der Waals surface area contributed by atoms with Gasteiger partial charge in [0, 0.05) is 36.0 Å². The maximum absolute atomic E-state index is 12.4. The molecule has 120 valence electrons. The highest BCUT2D eigenvalue weighted by molar-refractivity contribution is 5.87. The average Bonchev–Trinajstić information content (AvgIpc) is 2.94. The first-order valence-corrected chi connectivity index (χ1v) is 9.22. The highest BCUT2D eigenvalue weighted by Crippen LogP contribution is 2.75. The van der Waals surface area contributed by atoms with Crippen molar-refractivity contribution in [3.63, 3.8) is 0 Å². The Balaban J connectivity index is 1.52. The van der Waals surface area contributed by atoms with Crippen molar-refractivity contribution in [2.75, 3.05) is 0 Å². The van der Waals surface area contributed by atoms with Crippen LogP contribution in [0.1, 0.15) is 58.3 Å². The van der Waals surface area contributed by atoms with Crippen LogP contribution in [0.3, 0.4) is 0 Å². The summed E-state index contributed by atoms with van der Waals surface area (Å²) >= 11 is 0. The number of aliphatic hydroxyl groups excluding tert-OH is 1. The molecule has 0 radical (unpaired) electrons. The van der Waals surface area contributed by atoms with Gasteiger partial charge >= 0.3 is 0 Å². The molecule has 0 aromatic carbocycles. The van der Waals surface area contributed by atoms with Gasteiger partial charge in [0.2, 0.25) is 0 Å². The van der Waals surface area contributed by atoms with Gasteiger partial charge in [-0.3, -0.25) is 9.59 Å². The Hall–Kier alpha value is -0.700. The van der Waals surface area contributed by atoms with Crippen LogP contribution >= 0.6 is 0 Å². The molecule has 8 atom stereocenters. The number of carbonyl (C=O) groups is 2. The Kier molecular flexibility index (Phi) is 2.51. The maximum Gasteiger partial charge on any atom is 0.139 e. The second-order valence-electron chi connectivity index (χ2n) is 9.07. The Labute approximate surface area is 131 Å². The molecule has 5 rings (SSSR count). The zero-order valence-corrected chi connectivity index (χ0v) is 13.4. The molecule has 0 heterocycles. The van der Waals surface area contributed by atoms with Crippen LogP contribution in [0.2, 0.25) is 0 Å². The summed E-state index contributed by atoms with van der Waals surface area (Å²) < 4.78 is 0. The standard InChI is InChI=1S/C19H26O3/c1-18-7-6-14-12(13(18)4-5-16(18)21)3-2-10-8-11(20)9-15-17(22)19(10,14)15/h10,12-15,17,22H,2-9H2,1H3/t10-,12-,13-,14-,15-,17+,18-,19?/m0/s1. The smallest absolute Gasteiger partial charge is 0.139 e. The molecule has 5 saturated carbocycles. The van der Waals surface area contributed by atoms with Crippen LogP contribution in [0.5, 0.6) is 0 Å². The predicted molar refractivity (Wildman–Crippen MR) is 80.9 cm³/mol. The zero-order chi connectivity index (χ0) is 15.3. The monoisotopic (exact) mass is 302 g/mol. The highest BCUT2D eigenvalue weighted by Gasteiger charge is 2.76. The summed E-state index contributed by atoms with van der Waals surface area (Å²) in [7, 11) is 0. The molecular formula is C19H26O3. The van der Waals surface area contributed by atoms with E-state index in [-0.39, 0.29) is 22.9 Å². The number of ketones is 2. The first kappa shape index (κ1) is 13.7. The second kappa shape index (κ2) is 4.03. The topological polar surface area (TPSA) is 54.4 Å². The van der Waals surface area contributed by atoms with Gasteiger partial charge in [0.1, 0.15) is 11.6 Å². The summed E-state index contributed by atoms with van der Waals surface area (Å²) in [5.74, 6) is 3.27. The highest BCUT2D eigenvalue weighted by atomic mass is 16.3. The van der Waals surface area contributed by atoms with Crippen LogP contribution in [-0.2, 0) is 9.59 Å². The lowest BCUT2D eigenvalue weighted by atomic mass is 9.49. The van der Waals surface area contributed by atoms with Crippen molar-refractivity contribution in [3.05, 3.63) is 0 Å². The molecule has 5 aliphatic carbocycles. The molecule has 22 heavy (non-hydrogen) atoms. The van der Waals surface area contributed by atoms with Crippen LogP contribution in [0.25, 0.3) is 0 Å². The van der Waals surface area contributed by atoms with E-state index < -0.39 is 0 Å². The van der Waals surface area contributed by atoms with Crippen molar-refractivity contribution >= 4 is 11.6 Å². The summed E-state index contributed by atoms with van der Waals surface area (Å²) in [6.07, 6.45) is 7.31. The van der Waals surface area contributed by atoms with E-state index in [1.165, 1.54) is 6.42 Å². The zero-order valence-electron chi connectivity index (χ0n) is 13.4. The number of hydrogen-bond donors (Lipinski definition) is 1. The molecule has 0 bridgehead atoms. The molecule has 3 nitrogen and oxygen atoms in total. The van der Waals surface area contributed by atoms with Gasteiger partial charge in [0.05, 0.1) is 6.10 Å². The summed E-state index contributed by atoms with van der Waals surface area (Å²) in [6, 6.07) is 0. The summed E-state index contributed by atoms with van der Waals surface area (Å²) in [4.78, 5) is 24.4. The molecule has 1 unspecified atom stereocenters. The fourth-order valence-corrected chi connectivity index (χ4v) is 7.72. The Morgan fingerprint density at radius 1 is 1.00 bits per heavy atom. The van der Waals surface area contributed by atoms with Gasteiger partial charge in [-0.05, 0) is 55.8 Å². The van der Waals surface area contributed by atoms with Gasteiger partial charge in [-0.25, -0.2) is 0 Å². The SMILES string of the molecule is C[C@]12CC[C@H]3[C@@H](CC[C@H]4CC(=O)C[C@H]5[C@@H](O)C435)[C@@H]1CCC2=O. The molecule has 1 N–H and O–H groups in total. The first-order chi connectivity index (χ1) is 10.5. The first-order valence-electron chi connectivity index (χ1n) is 9.22. The van der Waals surface area contributed by atoms with Crippen LogP contribution in [0, 0.1) is 40.4 Å². The summed E-state index contributed by atoms with van der Waals surface area (Å²) in [5.41, 5.74) is -0.0196. The van der Waals surface area contributed by atoms with E-state index in [0.29, 0.717) is 48.1 Å². The maximum atomic E-state index is 12.4. The minimum Gasteiger partial charge on any atom is -0.392 e. The van der Waals surface area contributed by atoms with Crippen molar-refractivity contribution < 1.29 is 14.7 Å². The van der Waals surface area contributed by atoms with Crippen molar-refractivity contribution in [1.82, 2.24) is 0 Å². The second-order valence-corrected chi connectivity index (χ2v) is 9.07. The van der Waals surface area contributed by atoms with Crippen molar-refractivity contribution in [2.45, 2.75) is 64.4 Å². The van der Waals surface area contributed by atoms with Gasteiger partial charge in [-0.2, -0.15) is 0 Å². The Bertz CT molecular complexity index is 569. The third-order valence-electron chi connectivity index (χ3n) is 8.69. The van der Waals surface area contributed by atoms with Gasteiger partial charge < -0.3 is 5.11 Å². The quantitative estimate of drug-likeness (QED) is 0.748. The Morgan fingerprint density at radius 3 is 2.64 bits per heavy atom. The number of aliphatic hydroxyl groups is 1. The average molecular weight is 302 g/mol. The fourth-order valence-electron chi connectivity index (χ4n) is 7.72. The van der Waals surface area contributed by atoms with Crippen LogP contribution in [-0.4, -0.2) is 22.8 Å². The molecule has 0 aliphatic heterocycles. The minimum atomic E-state index is -0.238. The molecule has 5 aliphatic rings. The van der Waals surface area contributed by atoms with E-state index in [1.54, 1.807) is 0 Å². The van der Waals surface area contributed by atoms with E-state index in [4.69, 9.17) is 0 Å². The van der Waals surface area contributed by atoms with E-state index >= 15 is 0 Å². The normalized spacial score (nSPS) is 59.4. The molecule has 0 amide bonds. The van der Waals surface area contributed by atoms with Crippen LogP contribution in [0.15, 0.2) is 0 Å². The van der Waals surface area contributed by atoms with E-state index in [0.717, 1.165) is 32.1 Å². The fraction of sp³-hybridized carbons (Fsp3) is 0.895. The lowest BCUT2D eigenvalue weighted by Crippen LogP contribution is -2.51. The minimum absolute atomic E-state index is 0.0593. The summed E-state index contributed by atoms with van der Waals surface area (Å²) in [6.45, 7) is 2.21. The van der Waals surface area contributed by atoms with Gasteiger partial charge in [0.25, 0.3) is 0 Å². The van der Waals surface area contributed by atoms with Crippen molar-refractivity contribution in [1.29, 1.82) is 0 Å². The number of hydrogen-bond acceptors (Lipinski definition) is 3. The van der Waals surface area contributed by atoms with E-state index in [2.05, 4.69) is 6.92 Å². The van der Waals surface area contributed by atoms with Gasteiger partial charge in [-0.15, -0.1) is 0 Å². The molecule has 0 aromatic heterocycles. The number of rotatable bonds is 0. The number of fused-ring (bicyclic) bond motifs is 3. The lowest BCUT2D eigenvalue weighted by Gasteiger charge is -2.54. The molecule has 3 heteroatoms.